The Labute approximate surface area is 146 Å². The van der Waals surface area contributed by atoms with E-state index in [1.807, 2.05) is 12.1 Å². The molecule has 2 heterocycles. The number of amides is 1. The number of benzene rings is 1. The van der Waals surface area contributed by atoms with E-state index in [4.69, 9.17) is 4.42 Å². The Morgan fingerprint density at radius 3 is 2.72 bits per heavy atom. The highest BCUT2D eigenvalue weighted by atomic mass is 32.2. The standard InChI is InChI=1S/C17H16F3NO3S/c18-17(19,20)24-13-5-2-1-4-12(13)16(22)21-8-7-15(25-11-9-21)14-6-3-10-23-14/h1-6,10,15H,7-9,11H2. The van der Waals surface area contributed by atoms with E-state index < -0.39 is 18.0 Å². The summed E-state index contributed by atoms with van der Waals surface area (Å²) in [7, 11) is 0. The van der Waals surface area contributed by atoms with Crippen LogP contribution in [0.4, 0.5) is 13.2 Å². The van der Waals surface area contributed by atoms with Crippen LogP contribution in [0.5, 0.6) is 5.75 Å². The Kier molecular flexibility index (Phi) is 5.27. The monoisotopic (exact) mass is 371 g/mol. The van der Waals surface area contributed by atoms with Crippen molar-refractivity contribution in [3.63, 3.8) is 0 Å². The lowest BCUT2D eigenvalue weighted by Gasteiger charge is -2.22. The Morgan fingerprint density at radius 1 is 1.20 bits per heavy atom. The molecule has 3 rings (SSSR count). The zero-order chi connectivity index (χ0) is 17.9. The molecule has 1 saturated heterocycles. The van der Waals surface area contributed by atoms with Crippen molar-refractivity contribution in [2.24, 2.45) is 0 Å². The molecule has 0 radical (unpaired) electrons. The largest absolute Gasteiger partial charge is 0.573 e. The van der Waals surface area contributed by atoms with Crippen LogP contribution in [-0.4, -0.2) is 36.0 Å². The van der Waals surface area contributed by atoms with Crippen molar-refractivity contribution in [2.75, 3.05) is 18.8 Å². The van der Waals surface area contributed by atoms with E-state index in [0.29, 0.717) is 25.3 Å². The molecule has 8 heteroatoms. The molecule has 1 aliphatic heterocycles. The summed E-state index contributed by atoms with van der Waals surface area (Å²) in [5, 5.41) is 0.134. The Morgan fingerprint density at radius 2 is 2.00 bits per heavy atom. The molecule has 25 heavy (non-hydrogen) atoms. The van der Waals surface area contributed by atoms with Crippen LogP contribution in [0.25, 0.3) is 0 Å². The van der Waals surface area contributed by atoms with Gasteiger partial charge < -0.3 is 14.1 Å². The molecule has 1 fully saturated rings. The normalized spacial score (nSPS) is 18.7. The Hall–Kier alpha value is -2.09. The van der Waals surface area contributed by atoms with Gasteiger partial charge in [0, 0.05) is 18.8 Å². The highest BCUT2D eigenvalue weighted by molar-refractivity contribution is 7.99. The SMILES string of the molecule is O=C(c1ccccc1OC(F)(F)F)N1CCSC(c2ccco2)CC1. The molecule has 1 aromatic carbocycles. The molecule has 4 nitrogen and oxygen atoms in total. The van der Waals surface area contributed by atoms with Gasteiger partial charge in [0.15, 0.2) is 0 Å². The zero-order valence-corrected chi connectivity index (χ0v) is 14.0. The quantitative estimate of drug-likeness (QED) is 0.797. The van der Waals surface area contributed by atoms with Gasteiger partial charge in [0.05, 0.1) is 17.1 Å². The van der Waals surface area contributed by atoms with E-state index in [2.05, 4.69) is 4.74 Å². The maximum absolute atomic E-state index is 12.7. The number of thioether (sulfide) groups is 1. The average Bonchev–Trinajstić information content (AvgIpc) is 2.98. The highest BCUT2D eigenvalue weighted by Gasteiger charge is 2.34. The molecule has 0 saturated carbocycles. The number of furan rings is 1. The summed E-state index contributed by atoms with van der Waals surface area (Å²) in [6, 6.07) is 9.14. The second-order valence-electron chi connectivity index (χ2n) is 5.50. The van der Waals surface area contributed by atoms with Gasteiger partial charge in [-0.3, -0.25) is 4.79 Å². The van der Waals surface area contributed by atoms with Crippen molar-refractivity contribution >= 4 is 17.7 Å². The smallest absolute Gasteiger partial charge is 0.468 e. The first-order chi connectivity index (χ1) is 11.9. The summed E-state index contributed by atoms with van der Waals surface area (Å²) in [4.78, 5) is 14.3. The van der Waals surface area contributed by atoms with Crippen LogP contribution >= 0.6 is 11.8 Å². The molecular weight excluding hydrogens is 355 g/mol. The third kappa shape index (κ3) is 4.50. The molecule has 2 aromatic rings. The molecular formula is C17H16F3NO3S. The molecule has 0 bridgehead atoms. The Balaban J connectivity index is 1.73. The molecule has 0 aliphatic carbocycles. The van der Waals surface area contributed by atoms with Gasteiger partial charge in [-0.05, 0) is 30.7 Å². The van der Waals surface area contributed by atoms with Gasteiger partial charge in [0.25, 0.3) is 5.91 Å². The van der Waals surface area contributed by atoms with E-state index in [1.165, 1.54) is 18.2 Å². The van der Waals surface area contributed by atoms with Gasteiger partial charge in [-0.15, -0.1) is 24.9 Å². The summed E-state index contributed by atoms with van der Waals surface area (Å²) in [6.07, 6.45) is -2.56. The first-order valence-corrected chi connectivity index (χ1v) is 8.78. The zero-order valence-electron chi connectivity index (χ0n) is 13.2. The van der Waals surface area contributed by atoms with Gasteiger partial charge in [-0.2, -0.15) is 0 Å². The van der Waals surface area contributed by atoms with Crippen molar-refractivity contribution < 1.29 is 27.1 Å². The molecule has 0 spiro atoms. The van der Waals surface area contributed by atoms with Gasteiger partial charge in [-0.25, -0.2) is 0 Å². The summed E-state index contributed by atoms with van der Waals surface area (Å²) >= 11 is 1.67. The van der Waals surface area contributed by atoms with Crippen LogP contribution in [0.3, 0.4) is 0 Å². The number of rotatable bonds is 3. The average molecular weight is 371 g/mol. The van der Waals surface area contributed by atoms with Crippen molar-refractivity contribution in [1.82, 2.24) is 4.90 Å². The number of halogens is 3. The minimum Gasteiger partial charge on any atom is -0.468 e. The van der Waals surface area contributed by atoms with Crippen LogP contribution in [0.15, 0.2) is 47.1 Å². The predicted molar refractivity (Wildman–Crippen MR) is 87.6 cm³/mol. The van der Waals surface area contributed by atoms with Gasteiger partial charge in [0.1, 0.15) is 11.5 Å². The van der Waals surface area contributed by atoms with Crippen molar-refractivity contribution in [2.45, 2.75) is 18.0 Å². The number of alkyl halides is 3. The summed E-state index contributed by atoms with van der Waals surface area (Å²) in [5.41, 5.74) is -0.0822. The second-order valence-corrected chi connectivity index (χ2v) is 6.81. The van der Waals surface area contributed by atoms with Crippen molar-refractivity contribution in [1.29, 1.82) is 0 Å². The van der Waals surface area contributed by atoms with Crippen molar-refractivity contribution in [3.05, 3.63) is 54.0 Å². The highest BCUT2D eigenvalue weighted by Crippen LogP contribution is 2.35. The third-order valence-corrected chi connectivity index (χ3v) is 5.12. The molecule has 1 unspecified atom stereocenters. The summed E-state index contributed by atoms with van der Waals surface area (Å²) in [5.74, 6) is 0.597. The molecule has 0 N–H and O–H groups in total. The molecule has 134 valence electrons. The second kappa shape index (κ2) is 7.43. The number of hydrogen-bond donors (Lipinski definition) is 0. The third-order valence-electron chi connectivity index (χ3n) is 3.83. The van der Waals surface area contributed by atoms with Gasteiger partial charge in [0.2, 0.25) is 0 Å². The van der Waals surface area contributed by atoms with E-state index in [-0.39, 0.29) is 10.8 Å². The number of hydrogen-bond acceptors (Lipinski definition) is 4. The molecule has 1 atom stereocenters. The predicted octanol–water partition coefficient (Wildman–Crippen LogP) is 4.50. The maximum atomic E-state index is 12.7. The summed E-state index contributed by atoms with van der Waals surface area (Å²) in [6.45, 7) is 0.901. The fourth-order valence-electron chi connectivity index (χ4n) is 2.70. The van der Waals surface area contributed by atoms with Gasteiger partial charge >= 0.3 is 6.36 Å². The number of nitrogens with zero attached hydrogens (tertiary/aromatic N) is 1. The van der Waals surface area contributed by atoms with E-state index in [0.717, 1.165) is 11.8 Å². The van der Waals surface area contributed by atoms with Crippen LogP contribution in [0.2, 0.25) is 0 Å². The molecule has 1 amide bonds. The fraction of sp³-hybridized carbons (Fsp3) is 0.353. The molecule has 1 aromatic heterocycles. The minimum atomic E-state index is -4.84. The fourth-order valence-corrected chi connectivity index (χ4v) is 3.88. The van der Waals surface area contributed by atoms with Crippen molar-refractivity contribution in [3.8, 4) is 5.75 Å². The first kappa shape index (κ1) is 17.7. The number of para-hydroxylation sites is 1. The number of carbonyl (C=O) groups is 1. The number of carbonyl (C=O) groups excluding carboxylic acids is 1. The Bertz CT molecular complexity index is 718. The van der Waals surface area contributed by atoms with Gasteiger partial charge in [-0.1, -0.05) is 12.1 Å². The van der Waals surface area contributed by atoms with Crippen LogP contribution in [-0.2, 0) is 0 Å². The lowest BCUT2D eigenvalue weighted by molar-refractivity contribution is -0.274. The van der Waals surface area contributed by atoms with E-state index >= 15 is 0 Å². The molecule has 1 aliphatic rings. The minimum absolute atomic E-state index is 0.0822. The maximum Gasteiger partial charge on any atom is 0.573 e. The number of ether oxygens (including phenoxy) is 1. The lowest BCUT2D eigenvalue weighted by atomic mass is 10.1. The van der Waals surface area contributed by atoms with E-state index in [9.17, 15) is 18.0 Å². The summed E-state index contributed by atoms with van der Waals surface area (Å²) < 4.78 is 47.0. The van der Waals surface area contributed by atoms with E-state index in [1.54, 1.807) is 22.9 Å². The lowest BCUT2D eigenvalue weighted by Crippen LogP contribution is -2.33. The van der Waals surface area contributed by atoms with Crippen LogP contribution in [0.1, 0.15) is 27.8 Å². The topological polar surface area (TPSA) is 42.7 Å². The van der Waals surface area contributed by atoms with Crippen LogP contribution in [0, 0.1) is 0 Å². The first-order valence-electron chi connectivity index (χ1n) is 7.73. The van der Waals surface area contributed by atoms with Crippen LogP contribution < -0.4 is 4.74 Å².